The second kappa shape index (κ2) is 6.67. The van der Waals surface area contributed by atoms with Gasteiger partial charge >= 0.3 is 0 Å². The number of methoxy groups -OCH3 is 1. The highest BCUT2D eigenvalue weighted by Crippen LogP contribution is 2.23. The molecule has 0 heterocycles. The van der Waals surface area contributed by atoms with Crippen LogP contribution in [0.3, 0.4) is 0 Å². The number of benzene rings is 2. The molecule has 3 heteroatoms. The van der Waals surface area contributed by atoms with Crippen LogP contribution in [-0.2, 0) is 12.4 Å². The Labute approximate surface area is 125 Å². The Morgan fingerprint density at radius 2 is 1.70 bits per heavy atom. The van der Waals surface area contributed by atoms with Crippen molar-refractivity contribution in [2.45, 2.75) is 19.3 Å². The van der Waals surface area contributed by atoms with E-state index in [1.807, 2.05) is 12.1 Å². The highest BCUT2D eigenvalue weighted by Gasteiger charge is 2.06. The summed E-state index contributed by atoms with van der Waals surface area (Å²) in [6.07, 6.45) is 0. The maximum absolute atomic E-state index is 5.86. The summed E-state index contributed by atoms with van der Waals surface area (Å²) in [5, 5.41) is 0. The Kier molecular flexibility index (Phi) is 4.91. The molecular formula is C17H20ClNO. The van der Waals surface area contributed by atoms with Gasteiger partial charge < -0.3 is 9.64 Å². The average molecular weight is 290 g/mol. The summed E-state index contributed by atoms with van der Waals surface area (Å²) in [6.45, 7) is 2.99. The third kappa shape index (κ3) is 3.45. The van der Waals surface area contributed by atoms with Gasteiger partial charge in [0.05, 0.1) is 7.11 Å². The van der Waals surface area contributed by atoms with Crippen molar-refractivity contribution in [2.75, 3.05) is 19.1 Å². The van der Waals surface area contributed by atoms with Crippen molar-refractivity contribution >= 4 is 17.3 Å². The van der Waals surface area contributed by atoms with Crippen molar-refractivity contribution in [1.29, 1.82) is 0 Å². The highest BCUT2D eigenvalue weighted by atomic mass is 35.5. The minimum Gasteiger partial charge on any atom is -0.497 e. The Balaban J connectivity index is 2.12. The Hall–Kier alpha value is -1.67. The van der Waals surface area contributed by atoms with Gasteiger partial charge in [0.2, 0.25) is 0 Å². The van der Waals surface area contributed by atoms with Crippen LogP contribution in [0.25, 0.3) is 0 Å². The lowest BCUT2D eigenvalue weighted by Crippen LogP contribution is -2.17. The lowest BCUT2D eigenvalue weighted by Gasteiger charge is -2.22. The van der Waals surface area contributed by atoms with E-state index < -0.39 is 0 Å². The van der Waals surface area contributed by atoms with Crippen LogP contribution >= 0.6 is 11.6 Å². The van der Waals surface area contributed by atoms with Crippen LogP contribution in [0.4, 0.5) is 5.69 Å². The van der Waals surface area contributed by atoms with Crippen LogP contribution in [0.15, 0.2) is 42.5 Å². The summed E-state index contributed by atoms with van der Waals surface area (Å²) in [7, 11) is 3.79. The van der Waals surface area contributed by atoms with E-state index >= 15 is 0 Å². The molecule has 0 spiro atoms. The lowest BCUT2D eigenvalue weighted by molar-refractivity contribution is 0.414. The summed E-state index contributed by atoms with van der Waals surface area (Å²) in [5.41, 5.74) is 4.90. The zero-order valence-electron chi connectivity index (χ0n) is 12.2. The first-order valence-corrected chi connectivity index (χ1v) is 7.17. The van der Waals surface area contributed by atoms with E-state index in [0.29, 0.717) is 5.88 Å². The van der Waals surface area contributed by atoms with Crippen LogP contribution in [-0.4, -0.2) is 14.2 Å². The molecule has 0 amide bonds. The molecule has 0 bridgehead atoms. The third-order valence-corrected chi connectivity index (χ3v) is 3.71. The highest BCUT2D eigenvalue weighted by molar-refractivity contribution is 6.17. The van der Waals surface area contributed by atoms with Crippen LogP contribution in [0.2, 0.25) is 0 Å². The van der Waals surface area contributed by atoms with Gasteiger partial charge in [0, 0.05) is 25.2 Å². The Morgan fingerprint density at radius 1 is 1.05 bits per heavy atom. The molecule has 0 saturated heterocycles. The molecule has 0 saturated carbocycles. The molecule has 2 rings (SSSR count). The van der Waals surface area contributed by atoms with Crippen molar-refractivity contribution in [3.63, 3.8) is 0 Å². The fourth-order valence-corrected chi connectivity index (χ4v) is 2.49. The number of anilines is 1. The molecule has 2 aromatic carbocycles. The summed E-state index contributed by atoms with van der Waals surface area (Å²) in [6, 6.07) is 14.5. The van der Waals surface area contributed by atoms with E-state index in [9.17, 15) is 0 Å². The van der Waals surface area contributed by atoms with Gasteiger partial charge in [-0.3, -0.25) is 0 Å². The molecule has 0 aliphatic heterocycles. The Bertz CT molecular complexity index is 566. The number of rotatable bonds is 5. The third-order valence-electron chi connectivity index (χ3n) is 3.41. The molecule has 0 radical (unpaired) electrons. The number of nitrogens with zero attached hydrogens (tertiary/aromatic N) is 1. The predicted molar refractivity (Wildman–Crippen MR) is 85.8 cm³/mol. The number of aryl methyl sites for hydroxylation is 1. The van der Waals surface area contributed by atoms with Crippen LogP contribution in [0.5, 0.6) is 5.75 Å². The zero-order valence-corrected chi connectivity index (χ0v) is 12.9. The largest absolute Gasteiger partial charge is 0.497 e. The van der Waals surface area contributed by atoms with E-state index in [1.54, 1.807) is 7.11 Å². The normalized spacial score (nSPS) is 10.4. The van der Waals surface area contributed by atoms with Gasteiger partial charge in [-0.2, -0.15) is 0 Å². The molecule has 0 unspecified atom stereocenters. The zero-order chi connectivity index (χ0) is 14.5. The van der Waals surface area contributed by atoms with Crippen molar-refractivity contribution < 1.29 is 4.74 Å². The minimum atomic E-state index is 0.559. The molecule has 0 aromatic heterocycles. The van der Waals surface area contributed by atoms with E-state index in [2.05, 4.69) is 49.2 Å². The molecule has 0 N–H and O–H groups in total. The monoisotopic (exact) mass is 289 g/mol. The summed E-state index contributed by atoms with van der Waals surface area (Å²) in [4.78, 5) is 2.25. The molecule has 20 heavy (non-hydrogen) atoms. The van der Waals surface area contributed by atoms with Gasteiger partial charge in [-0.1, -0.05) is 24.3 Å². The molecule has 0 aliphatic carbocycles. The second-order valence-electron chi connectivity index (χ2n) is 4.96. The first-order chi connectivity index (χ1) is 9.63. The van der Waals surface area contributed by atoms with Crippen molar-refractivity contribution in [3.8, 4) is 5.75 Å². The first kappa shape index (κ1) is 14.7. The van der Waals surface area contributed by atoms with E-state index in [1.165, 1.54) is 16.8 Å². The number of alkyl halides is 1. The van der Waals surface area contributed by atoms with E-state index in [4.69, 9.17) is 16.3 Å². The van der Waals surface area contributed by atoms with E-state index in [0.717, 1.165) is 17.9 Å². The number of halogens is 1. The quantitative estimate of drug-likeness (QED) is 0.758. The fraction of sp³-hybridized carbons (Fsp3) is 0.294. The first-order valence-electron chi connectivity index (χ1n) is 6.63. The maximum Gasteiger partial charge on any atom is 0.118 e. The molecule has 2 nitrogen and oxygen atoms in total. The molecular weight excluding hydrogens is 270 g/mol. The SMILES string of the molecule is COc1ccc(CN(C)c2ccc(CCl)cc2C)cc1. The maximum atomic E-state index is 5.86. The van der Waals surface area contributed by atoms with Crippen molar-refractivity contribution in [3.05, 3.63) is 59.2 Å². The number of hydrogen-bond acceptors (Lipinski definition) is 2. The predicted octanol–water partition coefficient (Wildman–Crippen LogP) is 4.38. The molecule has 106 valence electrons. The fourth-order valence-electron chi connectivity index (χ4n) is 2.32. The van der Waals surface area contributed by atoms with Gasteiger partial charge in [0.15, 0.2) is 0 Å². The summed E-state index contributed by atoms with van der Waals surface area (Å²) in [5.74, 6) is 1.45. The average Bonchev–Trinajstić information content (AvgIpc) is 2.47. The van der Waals surface area contributed by atoms with Gasteiger partial charge in [-0.15, -0.1) is 11.6 Å². The number of ether oxygens (including phenoxy) is 1. The molecule has 0 aliphatic rings. The standard InChI is InChI=1S/C17H20ClNO/c1-13-10-15(11-18)6-9-17(13)19(2)12-14-4-7-16(20-3)8-5-14/h4-10H,11-12H2,1-3H3. The topological polar surface area (TPSA) is 12.5 Å². The summed E-state index contributed by atoms with van der Waals surface area (Å²) < 4.78 is 5.18. The molecule has 0 fully saturated rings. The molecule has 0 atom stereocenters. The summed E-state index contributed by atoms with van der Waals surface area (Å²) >= 11 is 5.86. The molecule has 2 aromatic rings. The van der Waals surface area contributed by atoms with Gasteiger partial charge in [-0.05, 0) is 41.8 Å². The van der Waals surface area contributed by atoms with Crippen molar-refractivity contribution in [2.24, 2.45) is 0 Å². The van der Waals surface area contributed by atoms with Crippen LogP contribution in [0, 0.1) is 6.92 Å². The number of hydrogen-bond donors (Lipinski definition) is 0. The van der Waals surface area contributed by atoms with Crippen molar-refractivity contribution in [1.82, 2.24) is 0 Å². The second-order valence-corrected chi connectivity index (χ2v) is 5.23. The smallest absolute Gasteiger partial charge is 0.118 e. The minimum absolute atomic E-state index is 0.559. The van der Waals surface area contributed by atoms with Crippen LogP contribution < -0.4 is 9.64 Å². The lowest BCUT2D eigenvalue weighted by atomic mass is 10.1. The van der Waals surface area contributed by atoms with E-state index in [-0.39, 0.29) is 0 Å². The van der Waals surface area contributed by atoms with Gasteiger partial charge in [-0.25, -0.2) is 0 Å². The van der Waals surface area contributed by atoms with Gasteiger partial charge in [0.1, 0.15) is 5.75 Å². The van der Waals surface area contributed by atoms with Gasteiger partial charge in [0.25, 0.3) is 0 Å². The van der Waals surface area contributed by atoms with Crippen LogP contribution in [0.1, 0.15) is 16.7 Å². The Morgan fingerprint density at radius 3 is 2.25 bits per heavy atom.